The molecule has 5 aliphatic carbocycles. The van der Waals surface area contributed by atoms with E-state index in [1.165, 1.54) is 111 Å². The summed E-state index contributed by atoms with van der Waals surface area (Å²) in [6, 6.07) is 78.2. The first-order valence-corrected chi connectivity index (χ1v) is 22.8. The number of fused-ring (bicyclic) bond motifs is 20. The molecule has 0 aromatic heterocycles. The van der Waals surface area contributed by atoms with Crippen molar-refractivity contribution >= 4 is 22.6 Å². The van der Waals surface area contributed by atoms with Crippen LogP contribution >= 0.6 is 0 Å². The third-order valence-electron chi connectivity index (χ3n) is 15.2. The lowest BCUT2D eigenvalue weighted by atomic mass is 9.69. The molecule has 0 bridgehead atoms. The summed E-state index contributed by atoms with van der Waals surface area (Å²) >= 11 is 0. The van der Waals surface area contributed by atoms with E-state index in [0.717, 1.165) is 24.2 Å². The van der Waals surface area contributed by atoms with E-state index in [2.05, 4.69) is 230 Å². The molecule has 9 aromatic carbocycles. The fourth-order valence-corrected chi connectivity index (χ4v) is 12.8. The lowest BCUT2D eigenvalue weighted by Gasteiger charge is -2.34. The zero-order valence-electron chi connectivity index (χ0n) is 35.6. The number of hydrogen-bond acceptors (Lipinski definition) is 1. The fourth-order valence-electron chi connectivity index (χ4n) is 12.8. The summed E-state index contributed by atoms with van der Waals surface area (Å²) < 4.78 is 0. The molecule has 0 radical (unpaired) electrons. The van der Waals surface area contributed by atoms with Crippen LogP contribution in [-0.4, -0.2) is 0 Å². The van der Waals surface area contributed by atoms with Crippen LogP contribution in [0.3, 0.4) is 0 Å². The number of allylic oxidation sites excluding steroid dienone is 4. The van der Waals surface area contributed by atoms with Crippen molar-refractivity contribution in [3.05, 3.63) is 274 Å². The van der Waals surface area contributed by atoms with E-state index in [1.807, 2.05) is 0 Å². The van der Waals surface area contributed by atoms with Gasteiger partial charge in [0.05, 0.1) is 10.8 Å². The molecule has 0 N–H and O–H groups in total. The molecule has 0 amide bonds. The molecule has 0 saturated heterocycles. The summed E-state index contributed by atoms with van der Waals surface area (Å²) in [5, 5.41) is 0. The standard InChI is InChI=1S/C63H43N/c1-40-37-42(41-17-3-2-4-18-41)31-36-61(40)64(43-32-34-51-49-23-9-15-29-57(49)62(59(51)38-43)53-25-11-5-19-45(53)46-20-6-12-26-54(46)62)44-33-35-52-50-24-10-16-30-58(50)63(60(52)39-44)55-27-13-7-21-47(55)48-22-8-14-28-56(48)63/h2-9,11-15,17-39H,10,16H2,1H3. The Labute approximate surface area is 375 Å². The minimum atomic E-state index is -0.444. The fraction of sp³-hybridized carbons (Fsp3) is 0.0794. The summed E-state index contributed by atoms with van der Waals surface area (Å²) in [4.78, 5) is 2.55. The summed E-state index contributed by atoms with van der Waals surface area (Å²) in [6.07, 6.45) is 7.17. The van der Waals surface area contributed by atoms with Crippen molar-refractivity contribution in [3.63, 3.8) is 0 Å². The molecule has 1 nitrogen and oxygen atoms in total. The third-order valence-corrected chi connectivity index (χ3v) is 15.2. The molecule has 2 spiro atoms. The summed E-state index contributed by atoms with van der Waals surface area (Å²) in [7, 11) is 0. The molecule has 64 heavy (non-hydrogen) atoms. The van der Waals surface area contributed by atoms with Crippen LogP contribution in [0, 0.1) is 6.92 Å². The molecular weight excluding hydrogens is 771 g/mol. The highest BCUT2D eigenvalue weighted by atomic mass is 15.1. The molecule has 5 aliphatic rings. The third kappa shape index (κ3) is 4.48. The van der Waals surface area contributed by atoms with Gasteiger partial charge in [-0.2, -0.15) is 0 Å². The van der Waals surface area contributed by atoms with Crippen molar-refractivity contribution in [2.24, 2.45) is 0 Å². The Morgan fingerprint density at radius 2 is 0.781 bits per heavy atom. The lowest BCUT2D eigenvalue weighted by molar-refractivity contribution is 0.782. The molecule has 0 atom stereocenters. The first-order chi connectivity index (χ1) is 31.7. The molecule has 300 valence electrons. The number of aryl methyl sites for hydroxylation is 1. The first kappa shape index (κ1) is 35.8. The van der Waals surface area contributed by atoms with Gasteiger partial charge >= 0.3 is 0 Å². The number of rotatable bonds is 4. The van der Waals surface area contributed by atoms with Gasteiger partial charge in [-0.05, 0) is 162 Å². The minimum Gasteiger partial charge on any atom is -0.310 e. The monoisotopic (exact) mass is 813 g/mol. The molecule has 1 heteroatoms. The van der Waals surface area contributed by atoms with Crippen LogP contribution in [0.4, 0.5) is 17.1 Å². The van der Waals surface area contributed by atoms with Crippen LogP contribution in [0.1, 0.15) is 62.9 Å². The van der Waals surface area contributed by atoms with Gasteiger partial charge in [-0.25, -0.2) is 0 Å². The molecule has 0 fully saturated rings. The highest BCUT2D eigenvalue weighted by Gasteiger charge is 2.54. The second-order valence-corrected chi connectivity index (χ2v) is 18.2. The van der Waals surface area contributed by atoms with Crippen molar-refractivity contribution in [2.45, 2.75) is 30.6 Å². The van der Waals surface area contributed by atoms with Gasteiger partial charge in [0.2, 0.25) is 0 Å². The van der Waals surface area contributed by atoms with E-state index in [4.69, 9.17) is 0 Å². The van der Waals surface area contributed by atoms with Crippen molar-refractivity contribution < 1.29 is 0 Å². The van der Waals surface area contributed by atoms with Crippen LogP contribution < -0.4 is 4.90 Å². The van der Waals surface area contributed by atoms with Gasteiger partial charge < -0.3 is 4.90 Å². The van der Waals surface area contributed by atoms with Gasteiger partial charge in [-0.15, -0.1) is 0 Å². The predicted octanol–water partition coefficient (Wildman–Crippen LogP) is 15.9. The lowest BCUT2D eigenvalue weighted by Crippen LogP contribution is -2.27. The van der Waals surface area contributed by atoms with Gasteiger partial charge in [0, 0.05) is 17.1 Å². The maximum Gasteiger partial charge on any atom is 0.0726 e. The van der Waals surface area contributed by atoms with Crippen LogP contribution in [0.25, 0.3) is 50.1 Å². The van der Waals surface area contributed by atoms with E-state index in [1.54, 1.807) is 0 Å². The largest absolute Gasteiger partial charge is 0.310 e. The molecule has 0 aliphatic heterocycles. The van der Waals surface area contributed by atoms with Crippen LogP contribution in [0.5, 0.6) is 0 Å². The zero-order valence-corrected chi connectivity index (χ0v) is 35.6. The van der Waals surface area contributed by atoms with E-state index in [-0.39, 0.29) is 0 Å². The Bertz CT molecular complexity index is 3420. The minimum absolute atomic E-state index is 0.399. The average Bonchev–Trinajstić information content (AvgIpc) is 4.04. The quantitative estimate of drug-likeness (QED) is 0.171. The molecular formula is C63H43N. The highest BCUT2D eigenvalue weighted by molar-refractivity contribution is 6.02. The smallest absolute Gasteiger partial charge is 0.0726 e. The predicted molar refractivity (Wildman–Crippen MR) is 265 cm³/mol. The van der Waals surface area contributed by atoms with Crippen LogP contribution in [0.2, 0.25) is 0 Å². The van der Waals surface area contributed by atoms with Crippen molar-refractivity contribution in [1.29, 1.82) is 0 Å². The second-order valence-electron chi connectivity index (χ2n) is 18.2. The Morgan fingerprint density at radius 1 is 0.344 bits per heavy atom. The molecule has 0 heterocycles. The Balaban J connectivity index is 1.04. The van der Waals surface area contributed by atoms with Gasteiger partial charge in [-0.3, -0.25) is 0 Å². The molecule has 9 aromatic rings. The number of hydrogen-bond donors (Lipinski definition) is 0. The normalized spacial score (nSPS) is 15.6. The van der Waals surface area contributed by atoms with Crippen molar-refractivity contribution in [2.75, 3.05) is 4.90 Å². The first-order valence-electron chi connectivity index (χ1n) is 22.8. The Hall–Kier alpha value is -7.74. The summed E-state index contributed by atoms with van der Waals surface area (Å²) in [5.41, 5.74) is 28.0. The number of anilines is 3. The van der Waals surface area contributed by atoms with E-state index < -0.39 is 10.8 Å². The SMILES string of the molecule is Cc1cc(-c2ccccc2)ccc1N(c1ccc2c(c1)C1(C3=CCCC=C32)c2ccccc2-c2ccccc21)c1ccc2c(c1)C1(c3ccccc3-c3ccccc31)c1ccccc1-2. The number of nitrogens with zero attached hydrogens (tertiary/aromatic N) is 1. The van der Waals surface area contributed by atoms with Gasteiger partial charge in [0.25, 0.3) is 0 Å². The average molecular weight is 814 g/mol. The second kappa shape index (κ2) is 13.1. The number of benzene rings is 9. The van der Waals surface area contributed by atoms with Crippen LogP contribution in [0.15, 0.2) is 224 Å². The maximum atomic E-state index is 2.55. The zero-order chi connectivity index (χ0) is 42.1. The van der Waals surface area contributed by atoms with Crippen LogP contribution in [-0.2, 0) is 10.8 Å². The molecule has 14 rings (SSSR count). The Morgan fingerprint density at radius 3 is 1.31 bits per heavy atom. The molecule has 0 saturated carbocycles. The maximum absolute atomic E-state index is 2.55. The molecule has 0 unspecified atom stereocenters. The van der Waals surface area contributed by atoms with E-state index in [9.17, 15) is 0 Å². The van der Waals surface area contributed by atoms with Gasteiger partial charge in [0.15, 0.2) is 0 Å². The van der Waals surface area contributed by atoms with Gasteiger partial charge in [-0.1, -0.05) is 182 Å². The van der Waals surface area contributed by atoms with Gasteiger partial charge in [0.1, 0.15) is 0 Å². The Kier molecular flexibility index (Phi) is 7.35. The van der Waals surface area contributed by atoms with E-state index in [0.29, 0.717) is 0 Å². The summed E-state index contributed by atoms with van der Waals surface area (Å²) in [5.74, 6) is 0. The summed E-state index contributed by atoms with van der Waals surface area (Å²) in [6.45, 7) is 2.28. The van der Waals surface area contributed by atoms with E-state index >= 15 is 0 Å². The topological polar surface area (TPSA) is 3.24 Å². The highest BCUT2D eigenvalue weighted by Crippen LogP contribution is 2.66. The van der Waals surface area contributed by atoms with Crippen molar-refractivity contribution in [1.82, 2.24) is 0 Å². The van der Waals surface area contributed by atoms with Crippen molar-refractivity contribution in [3.8, 4) is 44.5 Å².